The molecule has 0 aliphatic carbocycles. The van der Waals surface area contributed by atoms with Gasteiger partial charge < -0.3 is 10.0 Å². The Labute approximate surface area is 162 Å². The number of hydrogen-bond acceptors (Lipinski definition) is 2. The SMILES string of the molecule is O=C(O)N1CCc2c(-c3ccccc3)nn(Cc3ccc(Cl)cc3)c2CC1. The maximum atomic E-state index is 11.4. The van der Waals surface area contributed by atoms with E-state index in [1.54, 1.807) is 0 Å². The van der Waals surface area contributed by atoms with E-state index in [0.717, 1.165) is 28.1 Å². The van der Waals surface area contributed by atoms with Crippen LogP contribution >= 0.6 is 11.6 Å². The number of rotatable bonds is 3. The topological polar surface area (TPSA) is 58.4 Å². The standard InChI is InChI=1S/C21H20ClN3O2/c22-17-8-6-15(7-9-17)14-25-19-11-13-24(21(26)27)12-10-18(19)20(23-25)16-4-2-1-3-5-16/h1-9H,10-14H2,(H,26,27). The molecule has 6 heteroatoms. The summed E-state index contributed by atoms with van der Waals surface area (Å²) in [5.74, 6) is 0. The van der Waals surface area contributed by atoms with Gasteiger partial charge in [0.1, 0.15) is 0 Å². The third-order valence-corrected chi connectivity index (χ3v) is 5.23. The van der Waals surface area contributed by atoms with Gasteiger partial charge in [0.2, 0.25) is 0 Å². The van der Waals surface area contributed by atoms with Gasteiger partial charge in [-0.2, -0.15) is 5.10 Å². The Kier molecular flexibility index (Phi) is 4.86. The molecule has 0 saturated carbocycles. The van der Waals surface area contributed by atoms with E-state index < -0.39 is 6.09 Å². The van der Waals surface area contributed by atoms with Crippen LogP contribution in [0.15, 0.2) is 54.6 Å². The van der Waals surface area contributed by atoms with Crippen molar-refractivity contribution >= 4 is 17.7 Å². The van der Waals surface area contributed by atoms with Crippen LogP contribution in [0.3, 0.4) is 0 Å². The Bertz CT molecular complexity index is 952. The fraction of sp³-hybridized carbons (Fsp3) is 0.238. The van der Waals surface area contributed by atoms with E-state index in [-0.39, 0.29) is 0 Å². The lowest BCUT2D eigenvalue weighted by Crippen LogP contribution is -2.32. The minimum Gasteiger partial charge on any atom is -0.465 e. The maximum absolute atomic E-state index is 11.4. The Morgan fingerprint density at radius 2 is 1.74 bits per heavy atom. The van der Waals surface area contributed by atoms with Crippen LogP contribution in [-0.4, -0.2) is 39.0 Å². The predicted octanol–water partition coefficient (Wildman–Crippen LogP) is 4.33. The van der Waals surface area contributed by atoms with Crippen molar-refractivity contribution in [2.24, 2.45) is 0 Å². The van der Waals surface area contributed by atoms with Gasteiger partial charge in [0.15, 0.2) is 0 Å². The van der Waals surface area contributed by atoms with Gasteiger partial charge in [-0.1, -0.05) is 54.1 Å². The second-order valence-corrected chi connectivity index (χ2v) is 7.13. The highest BCUT2D eigenvalue weighted by molar-refractivity contribution is 6.30. The van der Waals surface area contributed by atoms with Crippen LogP contribution in [0.25, 0.3) is 11.3 Å². The summed E-state index contributed by atoms with van der Waals surface area (Å²) < 4.78 is 2.02. The van der Waals surface area contributed by atoms with E-state index >= 15 is 0 Å². The van der Waals surface area contributed by atoms with E-state index in [0.29, 0.717) is 37.5 Å². The number of hydrogen-bond donors (Lipinski definition) is 1. The molecule has 5 nitrogen and oxygen atoms in total. The molecule has 1 aliphatic rings. The van der Waals surface area contributed by atoms with Gasteiger partial charge in [-0.05, 0) is 24.1 Å². The highest BCUT2D eigenvalue weighted by atomic mass is 35.5. The Balaban J connectivity index is 1.74. The molecule has 1 amide bonds. The zero-order valence-corrected chi connectivity index (χ0v) is 15.6. The van der Waals surface area contributed by atoms with E-state index in [2.05, 4.69) is 12.1 Å². The maximum Gasteiger partial charge on any atom is 0.407 e. The number of amides is 1. The number of benzene rings is 2. The Morgan fingerprint density at radius 1 is 1.04 bits per heavy atom. The predicted molar refractivity (Wildman–Crippen MR) is 105 cm³/mol. The van der Waals surface area contributed by atoms with Crippen molar-refractivity contribution in [3.8, 4) is 11.3 Å². The zero-order chi connectivity index (χ0) is 18.8. The summed E-state index contributed by atoms with van der Waals surface area (Å²) in [5, 5.41) is 15.0. The fourth-order valence-corrected chi connectivity index (χ4v) is 3.71. The van der Waals surface area contributed by atoms with E-state index in [1.807, 2.05) is 47.1 Å². The normalized spacial score (nSPS) is 13.9. The largest absolute Gasteiger partial charge is 0.465 e. The van der Waals surface area contributed by atoms with Gasteiger partial charge in [-0.15, -0.1) is 0 Å². The van der Waals surface area contributed by atoms with Crippen molar-refractivity contribution < 1.29 is 9.90 Å². The minimum absolute atomic E-state index is 0.489. The van der Waals surface area contributed by atoms with Gasteiger partial charge >= 0.3 is 6.09 Å². The van der Waals surface area contributed by atoms with Crippen molar-refractivity contribution in [2.45, 2.75) is 19.4 Å². The van der Waals surface area contributed by atoms with E-state index in [1.165, 1.54) is 4.90 Å². The number of halogens is 1. The summed E-state index contributed by atoms with van der Waals surface area (Å²) in [7, 11) is 0. The molecule has 0 spiro atoms. The molecule has 0 bridgehead atoms. The number of carboxylic acid groups (broad SMARTS) is 1. The third kappa shape index (κ3) is 3.69. The van der Waals surface area contributed by atoms with Crippen LogP contribution in [0.5, 0.6) is 0 Å². The summed E-state index contributed by atoms with van der Waals surface area (Å²) in [5.41, 5.74) is 5.40. The quantitative estimate of drug-likeness (QED) is 0.734. The van der Waals surface area contributed by atoms with Crippen molar-refractivity contribution in [1.29, 1.82) is 0 Å². The van der Waals surface area contributed by atoms with Gasteiger partial charge in [0, 0.05) is 41.4 Å². The molecule has 2 heterocycles. The summed E-state index contributed by atoms with van der Waals surface area (Å²) >= 11 is 6.00. The molecule has 0 radical (unpaired) electrons. The summed E-state index contributed by atoms with van der Waals surface area (Å²) in [4.78, 5) is 12.9. The molecule has 1 N–H and O–H groups in total. The molecule has 4 rings (SSSR count). The molecular formula is C21H20ClN3O2. The second-order valence-electron chi connectivity index (χ2n) is 6.69. The lowest BCUT2D eigenvalue weighted by molar-refractivity contribution is 0.147. The second kappa shape index (κ2) is 7.45. The molecule has 3 aromatic rings. The summed E-state index contributed by atoms with van der Waals surface area (Å²) in [6.45, 7) is 1.62. The van der Waals surface area contributed by atoms with E-state index in [4.69, 9.17) is 16.7 Å². The van der Waals surface area contributed by atoms with E-state index in [9.17, 15) is 9.90 Å². The average molecular weight is 382 g/mol. The van der Waals surface area contributed by atoms with Crippen LogP contribution in [0, 0.1) is 0 Å². The highest BCUT2D eigenvalue weighted by Crippen LogP contribution is 2.29. The third-order valence-electron chi connectivity index (χ3n) is 4.98. The average Bonchev–Trinajstić information content (AvgIpc) is 2.86. The zero-order valence-electron chi connectivity index (χ0n) is 14.8. The molecule has 0 unspecified atom stereocenters. The lowest BCUT2D eigenvalue weighted by Gasteiger charge is -2.16. The molecule has 0 saturated heterocycles. The van der Waals surface area contributed by atoms with Crippen LogP contribution in [0.4, 0.5) is 4.79 Å². The van der Waals surface area contributed by atoms with Crippen molar-refractivity contribution in [1.82, 2.24) is 14.7 Å². The van der Waals surface area contributed by atoms with Crippen LogP contribution in [0.1, 0.15) is 16.8 Å². The van der Waals surface area contributed by atoms with Crippen LogP contribution in [-0.2, 0) is 19.4 Å². The van der Waals surface area contributed by atoms with Gasteiger partial charge in [-0.3, -0.25) is 4.68 Å². The lowest BCUT2D eigenvalue weighted by atomic mass is 10.0. The first-order valence-corrected chi connectivity index (χ1v) is 9.36. The fourth-order valence-electron chi connectivity index (χ4n) is 3.59. The molecule has 27 heavy (non-hydrogen) atoms. The minimum atomic E-state index is -0.862. The van der Waals surface area contributed by atoms with Gasteiger partial charge in [0.25, 0.3) is 0 Å². The first-order chi connectivity index (χ1) is 13.1. The molecule has 0 fully saturated rings. The molecule has 138 valence electrons. The highest BCUT2D eigenvalue weighted by Gasteiger charge is 2.25. The van der Waals surface area contributed by atoms with Gasteiger partial charge in [-0.25, -0.2) is 4.79 Å². The smallest absolute Gasteiger partial charge is 0.407 e. The molecule has 1 aliphatic heterocycles. The Hall–Kier alpha value is -2.79. The monoisotopic (exact) mass is 381 g/mol. The summed E-state index contributed by atoms with van der Waals surface area (Å²) in [6, 6.07) is 17.8. The van der Waals surface area contributed by atoms with Gasteiger partial charge in [0.05, 0.1) is 12.2 Å². The molecule has 0 atom stereocenters. The van der Waals surface area contributed by atoms with Crippen LogP contribution in [0.2, 0.25) is 5.02 Å². The molecule has 1 aromatic heterocycles. The number of carbonyl (C=O) groups is 1. The summed E-state index contributed by atoms with van der Waals surface area (Å²) in [6.07, 6.45) is 0.472. The number of fused-ring (bicyclic) bond motifs is 1. The first kappa shape index (κ1) is 17.6. The number of aromatic nitrogens is 2. The van der Waals surface area contributed by atoms with Crippen molar-refractivity contribution in [3.63, 3.8) is 0 Å². The number of nitrogens with zero attached hydrogens (tertiary/aromatic N) is 3. The van der Waals surface area contributed by atoms with Crippen molar-refractivity contribution in [2.75, 3.05) is 13.1 Å². The van der Waals surface area contributed by atoms with Crippen molar-refractivity contribution in [3.05, 3.63) is 76.4 Å². The molecule has 2 aromatic carbocycles. The first-order valence-electron chi connectivity index (χ1n) is 8.98. The molecular weight excluding hydrogens is 362 g/mol. The van der Waals surface area contributed by atoms with Crippen LogP contribution < -0.4 is 0 Å². The Morgan fingerprint density at radius 3 is 2.44 bits per heavy atom.